The summed E-state index contributed by atoms with van der Waals surface area (Å²) in [6.07, 6.45) is 5.21. The van der Waals surface area contributed by atoms with Gasteiger partial charge in [-0.15, -0.1) is 0 Å². The molecule has 0 unspecified atom stereocenters. The minimum atomic E-state index is 0.530. The molecular weight excluding hydrogens is 128 g/mol. The van der Waals surface area contributed by atoms with E-state index in [4.69, 9.17) is 5.73 Å². The summed E-state index contributed by atoms with van der Waals surface area (Å²) in [4.78, 5) is 3.85. The fourth-order valence-corrected chi connectivity index (χ4v) is 1.17. The first kappa shape index (κ1) is 5.70. The van der Waals surface area contributed by atoms with E-state index in [0.717, 1.165) is 0 Å². The summed E-state index contributed by atoms with van der Waals surface area (Å²) in [5.74, 6) is 0.546. The van der Waals surface area contributed by atoms with E-state index in [1.165, 1.54) is 25.6 Å². The van der Waals surface area contributed by atoms with Crippen LogP contribution >= 0.6 is 0 Å². The van der Waals surface area contributed by atoms with Crippen molar-refractivity contribution in [1.29, 1.82) is 0 Å². The van der Waals surface area contributed by atoms with Crippen molar-refractivity contribution in [3.8, 4) is 0 Å². The Morgan fingerprint density at radius 1 is 1.60 bits per heavy atom. The summed E-state index contributed by atoms with van der Waals surface area (Å²) in [5, 5.41) is 4.02. The largest absolute Gasteiger partial charge is 0.368 e. The summed E-state index contributed by atoms with van der Waals surface area (Å²) in [6, 6.07) is 0.530. The molecule has 2 rings (SSSR count). The van der Waals surface area contributed by atoms with Crippen molar-refractivity contribution < 1.29 is 0 Å². The van der Waals surface area contributed by atoms with Crippen LogP contribution < -0.4 is 5.73 Å². The Bertz CT molecular complexity index is 225. The first-order valence-electron chi connectivity index (χ1n) is 3.53. The molecule has 1 aliphatic rings. The van der Waals surface area contributed by atoms with Crippen LogP contribution in [0.1, 0.15) is 25.3 Å². The first-order valence-corrected chi connectivity index (χ1v) is 3.53. The van der Waals surface area contributed by atoms with E-state index in [-0.39, 0.29) is 0 Å². The Morgan fingerprint density at radius 2 is 2.40 bits per heavy atom. The summed E-state index contributed by atoms with van der Waals surface area (Å²) in [6.45, 7) is 0. The van der Waals surface area contributed by atoms with Crippen LogP contribution in [-0.2, 0) is 0 Å². The predicted octanol–water partition coefficient (Wildman–Crippen LogP) is 0.585. The van der Waals surface area contributed by atoms with E-state index in [9.17, 15) is 0 Å². The standard InChI is InChI=1S/C6H10N4/c7-6-8-4-9-10(6)5-2-1-3-5/h4-5H,1-3H2,(H2,7,8,9). The molecule has 0 saturated heterocycles. The van der Waals surface area contributed by atoms with E-state index >= 15 is 0 Å². The Morgan fingerprint density at radius 3 is 2.80 bits per heavy atom. The molecule has 1 aliphatic carbocycles. The minimum absolute atomic E-state index is 0.530. The van der Waals surface area contributed by atoms with Gasteiger partial charge in [0.25, 0.3) is 0 Å². The number of nitrogens with zero attached hydrogens (tertiary/aromatic N) is 3. The van der Waals surface area contributed by atoms with Crippen LogP contribution in [-0.4, -0.2) is 14.8 Å². The molecule has 4 heteroatoms. The molecule has 4 nitrogen and oxygen atoms in total. The van der Waals surface area contributed by atoms with Crippen LogP contribution in [0.25, 0.3) is 0 Å². The monoisotopic (exact) mass is 138 g/mol. The van der Waals surface area contributed by atoms with Gasteiger partial charge in [-0.1, -0.05) is 0 Å². The number of anilines is 1. The molecule has 0 radical (unpaired) electrons. The molecule has 1 aromatic rings. The number of nitrogens with two attached hydrogens (primary N) is 1. The maximum absolute atomic E-state index is 5.54. The normalized spacial score (nSPS) is 18.8. The second kappa shape index (κ2) is 1.97. The second-order valence-corrected chi connectivity index (χ2v) is 2.65. The van der Waals surface area contributed by atoms with Crippen molar-refractivity contribution >= 4 is 5.95 Å². The van der Waals surface area contributed by atoms with Gasteiger partial charge in [0.15, 0.2) is 0 Å². The van der Waals surface area contributed by atoms with Gasteiger partial charge in [-0.25, -0.2) is 9.67 Å². The van der Waals surface area contributed by atoms with Crippen LogP contribution in [0, 0.1) is 0 Å². The molecule has 1 fully saturated rings. The molecule has 1 saturated carbocycles. The lowest BCUT2D eigenvalue weighted by atomic mass is 9.93. The number of hydrogen-bond donors (Lipinski definition) is 1. The number of nitrogen functional groups attached to an aromatic ring is 1. The molecule has 0 aliphatic heterocycles. The van der Waals surface area contributed by atoms with Crippen molar-refractivity contribution in [3.63, 3.8) is 0 Å². The Balaban J connectivity index is 2.23. The van der Waals surface area contributed by atoms with Gasteiger partial charge in [-0.2, -0.15) is 5.10 Å². The summed E-state index contributed by atoms with van der Waals surface area (Å²) in [5.41, 5.74) is 5.54. The molecule has 2 N–H and O–H groups in total. The lowest BCUT2D eigenvalue weighted by Gasteiger charge is -2.25. The average Bonchev–Trinajstić information content (AvgIpc) is 2.12. The quantitative estimate of drug-likeness (QED) is 0.617. The fraction of sp³-hybridized carbons (Fsp3) is 0.667. The molecule has 54 valence electrons. The lowest BCUT2D eigenvalue weighted by molar-refractivity contribution is 0.293. The third kappa shape index (κ3) is 0.683. The van der Waals surface area contributed by atoms with Crippen molar-refractivity contribution in [2.45, 2.75) is 25.3 Å². The molecule has 10 heavy (non-hydrogen) atoms. The van der Waals surface area contributed by atoms with Gasteiger partial charge in [0, 0.05) is 0 Å². The predicted molar refractivity (Wildman–Crippen MR) is 37.3 cm³/mol. The summed E-state index contributed by atoms with van der Waals surface area (Å²) >= 11 is 0. The zero-order valence-corrected chi connectivity index (χ0v) is 5.70. The van der Waals surface area contributed by atoms with Crippen molar-refractivity contribution in [2.75, 3.05) is 5.73 Å². The highest BCUT2D eigenvalue weighted by atomic mass is 15.4. The van der Waals surface area contributed by atoms with Crippen LogP contribution in [0.15, 0.2) is 6.33 Å². The van der Waals surface area contributed by atoms with Gasteiger partial charge < -0.3 is 5.73 Å². The number of hydrogen-bond acceptors (Lipinski definition) is 3. The second-order valence-electron chi connectivity index (χ2n) is 2.65. The highest BCUT2D eigenvalue weighted by Gasteiger charge is 2.21. The third-order valence-electron chi connectivity index (χ3n) is 2.02. The van der Waals surface area contributed by atoms with Crippen molar-refractivity contribution in [1.82, 2.24) is 14.8 Å². The molecule has 0 atom stereocenters. The topological polar surface area (TPSA) is 56.7 Å². The zero-order chi connectivity index (χ0) is 6.97. The molecule has 0 spiro atoms. The Labute approximate surface area is 59.1 Å². The van der Waals surface area contributed by atoms with Crippen LogP contribution in [0.2, 0.25) is 0 Å². The molecule has 0 aromatic carbocycles. The molecular formula is C6H10N4. The minimum Gasteiger partial charge on any atom is -0.368 e. The Hall–Kier alpha value is -1.06. The Kier molecular flexibility index (Phi) is 1.12. The average molecular weight is 138 g/mol. The lowest BCUT2D eigenvalue weighted by Crippen LogP contribution is -2.19. The van der Waals surface area contributed by atoms with E-state index in [2.05, 4.69) is 10.1 Å². The summed E-state index contributed by atoms with van der Waals surface area (Å²) in [7, 11) is 0. The smallest absolute Gasteiger partial charge is 0.218 e. The van der Waals surface area contributed by atoms with Crippen molar-refractivity contribution in [3.05, 3.63) is 6.33 Å². The van der Waals surface area contributed by atoms with Gasteiger partial charge in [-0.05, 0) is 19.3 Å². The maximum Gasteiger partial charge on any atom is 0.218 e. The van der Waals surface area contributed by atoms with Crippen LogP contribution in [0.4, 0.5) is 5.95 Å². The SMILES string of the molecule is Nc1ncnn1C1CCC1. The molecule has 0 amide bonds. The molecule has 1 heterocycles. The van der Waals surface area contributed by atoms with Gasteiger partial charge in [0.2, 0.25) is 5.95 Å². The number of aromatic nitrogens is 3. The highest BCUT2D eigenvalue weighted by Crippen LogP contribution is 2.31. The van der Waals surface area contributed by atoms with Crippen LogP contribution in [0.5, 0.6) is 0 Å². The number of rotatable bonds is 1. The van der Waals surface area contributed by atoms with Gasteiger partial charge >= 0.3 is 0 Å². The van der Waals surface area contributed by atoms with Gasteiger partial charge in [0.1, 0.15) is 6.33 Å². The maximum atomic E-state index is 5.54. The summed E-state index contributed by atoms with van der Waals surface area (Å²) < 4.78 is 1.81. The van der Waals surface area contributed by atoms with E-state index in [1.54, 1.807) is 0 Å². The van der Waals surface area contributed by atoms with E-state index in [1.807, 2.05) is 4.68 Å². The van der Waals surface area contributed by atoms with Crippen LogP contribution in [0.3, 0.4) is 0 Å². The molecule has 1 aromatic heterocycles. The molecule has 0 bridgehead atoms. The zero-order valence-electron chi connectivity index (χ0n) is 5.70. The fourth-order valence-electron chi connectivity index (χ4n) is 1.17. The van der Waals surface area contributed by atoms with Gasteiger partial charge in [0.05, 0.1) is 6.04 Å². The van der Waals surface area contributed by atoms with Crippen molar-refractivity contribution in [2.24, 2.45) is 0 Å². The first-order chi connectivity index (χ1) is 4.88. The van der Waals surface area contributed by atoms with Gasteiger partial charge in [-0.3, -0.25) is 0 Å². The van der Waals surface area contributed by atoms with E-state index in [0.29, 0.717) is 12.0 Å². The van der Waals surface area contributed by atoms with E-state index < -0.39 is 0 Å². The highest BCUT2D eigenvalue weighted by molar-refractivity contribution is 5.14. The third-order valence-corrected chi connectivity index (χ3v) is 2.02.